The number of hydrogen-bond donors (Lipinski definition) is 2. The van der Waals surface area contributed by atoms with E-state index in [1.54, 1.807) is 6.92 Å². The predicted molar refractivity (Wildman–Crippen MR) is 67.2 cm³/mol. The normalized spacial score (nSPS) is 17.6. The fourth-order valence-corrected chi connectivity index (χ4v) is 2.11. The number of aliphatic carboxylic acids is 1. The van der Waals surface area contributed by atoms with Gasteiger partial charge >= 0.3 is 5.97 Å². The van der Waals surface area contributed by atoms with Crippen molar-refractivity contribution in [2.45, 2.75) is 25.3 Å². The molecule has 1 aliphatic rings. The van der Waals surface area contributed by atoms with E-state index in [1.165, 1.54) is 11.3 Å². The Hall–Kier alpha value is -1.55. The van der Waals surface area contributed by atoms with Crippen LogP contribution in [-0.2, 0) is 11.2 Å². The number of carboxylic acid groups (broad SMARTS) is 1. The average Bonchev–Trinajstić information content (AvgIpc) is 2.69. The number of anilines is 1. The Morgan fingerprint density at radius 1 is 1.53 bits per heavy atom. The molecule has 0 radical (unpaired) electrons. The molecule has 1 atom stereocenters. The van der Waals surface area contributed by atoms with Gasteiger partial charge in [0.2, 0.25) is 0 Å². The number of benzene rings is 1. The number of carboxylic acids is 1. The molecule has 0 amide bonds. The lowest BCUT2D eigenvalue weighted by atomic mass is 9.99. The lowest BCUT2D eigenvalue weighted by Gasteiger charge is -2.25. The first-order chi connectivity index (χ1) is 8.00. The predicted octanol–water partition coefficient (Wildman–Crippen LogP) is 1.24. The highest BCUT2D eigenvalue weighted by Gasteiger charge is 2.29. The molecule has 0 saturated carbocycles. The zero-order valence-corrected chi connectivity index (χ0v) is 10.0. The second-order valence-electron chi connectivity index (χ2n) is 4.84. The Kier molecular flexibility index (Phi) is 3.07. The number of rotatable bonds is 4. The van der Waals surface area contributed by atoms with Crippen LogP contribution in [0.2, 0.25) is 0 Å². The Bertz CT molecular complexity index is 429. The fourth-order valence-electron chi connectivity index (χ4n) is 2.11. The zero-order chi connectivity index (χ0) is 12.5. The largest absolute Gasteiger partial charge is 0.480 e. The first-order valence-electron chi connectivity index (χ1n) is 5.86. The van der Waals surface area contributed by atoms with Crippen molar-refractivity contribution in [3.8, 4) is 0 Å². The second-order valence-corrected chi connectivity index (χ2v) is 4.84. The van der Waals surface area contributed by atoms with Crippen LogP contribution in [0.3, 0.4) is 0 Å². The van der Waals surface area contributed by atoms with Crippen LogP contribution in [0, 0.1) is 0 Å². The average molecular weight is 234 g/mol. The number of hydrogen-bond acceptors (Lipinski definition) is 3. The van der Waals surface area contributed by atoms with Crippen molar-refractivity contribution in [1.82, 2.24) is 0 Å². The minimum absolute atomic E-state index is 0.455. The van der Waals surface area contributed by atoms with Gasteiger partial charge in [-0.15, -0.1) is 0 Å². The number of carbonyl (C=O) groups is 1. The smallest absolute Gasteiger partial charge is 0.323 e. The van der Waals surface area contributed by atoms with Gasteiger partial charge in [0.25, 0.3) is 0 Å². The monoisotopic (exact) mass is 234 g/mol. The van der Waals surface area contributed by atoms with Crippen LogP contribution in [0.4, 0.5) is 5.69 Å². The van der Waals surface area contributed by atoms with E-state index in [0.29, 0.717) is 13.0 Å². The summed E-state index contributed by atoms with van der Waals surface area (Å²) in [6.45, 7) is 3.21. The Balaban J connectivity index is 2.01. The zero-order valence-electron chi connectivity index (χ0n) is 10.0. The maximum absolute atomic E-state index is 10.9. The highest BCUT2D eigenvalue weighted by Crippen LogP contribution is 2.27. The molecule has 0 bridgehead atoms. The maximum atomic E-state index is 10.9. The van der Waals surface area contributed by atoms with E-state index < -0.39 is 11.5 Å². The summed E-state index contributed by atoms with van der Waals surface area (Å²) >= 11 is 0. The molecule has 2 rings (SSSR count). The van der Waals surface area contributed by atoms with Crippen molar-refractivity contribution in [3.63, 3.8) is 0 Å². The molecule has 3 N–H and O–H groups in total. The lowest BCUT2D eigenvalue weighted by Crippen LogP contribution is -2.47. The third kappa shape index (κ3) is 2.42. The van der Waals surface area contributed by atoms with Crippen molar-refractivity contribution in [3.05, 3.63) is 29.8 Å². The SMILES string of the molecule is CC(N)(CCN1CCc2ccccc21)C(=O)O. The van der Waals surface area contributed by atoms with Gasteiger partial charge in [-0.2, -0.15) is 0 Å². The lowest BCUT2D eigenvalue weighted by molar-refractivity contribution is -0.142. The first-order valence-corrected chi connectivity index (χ1v) is 5.86. The van der Waals surface area contributed by atoms with Gasteiger partial charge in [-0.25, -0.2) is 0 Å². The van der Waals surface area contributed by atoms with Crippen LogP contribution in [0.1, 0.15) is 18.9 Å². The molecule has 1 unspecified atom stereocenters. The summed E-state index contributed by atoms with van der Waals surface area (Å²) in [6, 6.07) is 8.24. The first kappa shape index (κ1) is 11.9. The van der Waals surface area contributed by atoms with Crippen LogP contribution < -0.4 is 10.6 Å². The van der Waals surface area contributed by atoms with Gasteiger partial charge < -0.3 is 15.7 Å². The fraction of sp³-hybridized carbons (Fsp3) is 0.462. The van der Waals surface area contributed by atoms with Crippen LogP contribution >= 0.6 is 0 Å². The summed E-state index contributed by atoms with van der Waals surface area (Å²) in [5.74, 6) is -0.940. The Morgan fingerprint density at radius 2 is 2.24 bits per heavy atom. The highest BCUT2D eigenvalue weighted by molar-refractivity contribution is 5.77. The molecule has 4 heteroatoms. The van der Waals surface area contributed by atoms with Gasteiger partial charge in [0.05, 0.1) is 0 Å². The molecule has 1 heterocycles. The molecule has 92 valence electrons. The maximum Gasteiger partial charge on any atom is 0.323 e. The van der Waals surface area contributed by atoms with E-state index in [0.717, 1.165) is 13.0 Å². The minimum atomic E-state index is -1.14. The molecule has 1 aromatic rings. The van der Waals surface area contributed by atoms with E-state index in [4.69, 9.17) is 10.8 Å². The van der Waals surface area contributed by atoms with Crippen molar-refractivity contribution in [1.29, 1.82) is 0 Å². The summed E-state index contributed by atoms with van der Waals surface area (Å²) in [4.78, 5) is 13.1. The third-order valence-electron chi connectivity index (χ3n) is 3.37. The molecule has 17 heavy (non-hydrogen) atoms. The molecule has 0 spiro atoms. The van der Waals surface area contributed by atoms with Gasteiger partial charge in [0.1, 0.15) is 5.54 Å². The van der Waals surface area contributed by atoms with Crippen molar-refractivity contribution in [2.24, 2.45) is 5.73 Å². The van der Waals surface area contributed by atoms with Crippen molar-refractivity contribution in [2.75, 3.05) is 18.0 Å². The number of nitrogens with two attached hydrogens (primary N) is 1. The third-order valence-corrected chi connectivity index (χ3v) is 3.37. The van der Waals surface area contributed by atoms with Gasteiger partial charge in [-0.1, -0.05) is 18.2 Å². The van der Waals surface area contributed by atoms with E-state index in [-0.39, 0.29) is 0 Å². The molecule has 0 fully saturated rings. The summed E-state index contributed by atoms with van der Waals surface area (Å²) in [5, 5.41) is 8.97. The van der Waals surface area contributed by atoms with Crippen LogP contribution in [0.25, 0.3) is 0 Å². The minimum Gasteiger partial charge on any atom is -0.480 e. The van der Waals surface area contributed by atoms with Gasteiger partial charge in [-0.05, 0) is 31.4 Å². The second kappa shape index (κ2) is 4.37. The Morgan fingerprint density at radius 3 is 2.94 bits per heavy atom. The molecule has 0 saturated heterocycles. The topological polar surface area (TPSA) is 66.6 Å². The molecule has 1 aromatic carbocycles. The van der Waals surface area contributed by atoms with E-state index in [1.807, 2.05) is 12.1 Å². The number of nitrogens with zero attached hydrogens (tertiary/aromatic N) is 1. The van der Waals surface area contributed by atoms with Gasteiger partial charge in [0.15, 0.2) is 0 Å². The van der Waals surface area contributed by atoms with Crippen molar-refractivity contribution >= 4 is 11.7 Å². The number of fused-ring (bicyclic) bond motifs is 1. The van der Waals surface area contributed by atoms with Gasteiger partial charge in [-0.3, -0.25) is 4.79 Å². The van der Waals surface area contributed by atoms with E-state index in [9.17, 15) is 4.79 Å². The Labute approximate surface area is 101 Å². The number of para-hydroxylation sites is 1. The molecule has 0 aromatic heterocycles. The highest BCUT2D eigenvalue weighted by atomic mass is 16.4. The molecular weight excluding hydrogens is 216 g/mol. The summed E-state index contributed by atoms with van der Waals surface area (Å²) in [6.07, 6.45) is 1.49. The molecule has 4 nitrogen and oxygen atoms in total. The van der Waals surface area contributed by atoms with Crippen molar-refractivity contribution < 1.29 is 9.90 Å². The molecule has 0 aliphatic carbocycles. The molecular formula is C13H18N2O2. The van der Waals surface area contributed by atoms with E-state index >= 15 is 0 Å². The summed E-state index contributed by atoms with van der Waals surface area (Å²) in [7, 11) is 0. The van der Waals surface area contributed by atoms with Crippen LogP contribution in [0.5, 0.6) is 0 Å². The quantitative estimate of drug-likeness (QED) is 0.822. The van der Waals surface area contributed by atoms with E-state index in [2.05, 4.69) is 17.0 Å². The summed E-state index contributed by atoms with van der Waals surface area (Å²) < 4.78 is 0. The van der Waals surface area contributed by atoms with Crippen LogP contribution in [-0.4, -0.2) is 29.7 Å². The summed E-state index contributed by atoms with van der Waals surface area (Å²) in [5.41, 5.74) is 7.14. The van der Waals surface area contributed by atoms with Gasteiger partial charge in [0, 0.05) is 18.8 Å². The molecule has 1 aliphatic heterocycles. The standard InChI is InChI=1S/C13H18N2O2/c1-13(14,12(16)17)7-9-15-8-6-10-4-2-3-5-11(10)15/h2-5H,6-9,14H2,1H3,(H,16,17). The van der Waals surface area contributed by atoms with Crippen LogP contribution in [0.15, 0.2) is 24.3 Å².